The van der Waals surface area contributed by atoms with E-state index in [1.54, 1.807) is 7.11 Å². The van der Waals surface area contributed by atoms with Crippen molar-refractivity contribution in [3.63, 3.8) is 0 Å². The van der Waals surface area contributed by atoms with Gasteiger partial charge in [0.25, 0.3) is 0 Å². The first-order valence-electron chi connectivity index (χ1n) is 7.92. The van der Waals surface area contributed by atoms with Crippen molar-refractivity contribution < 1.29 is 14.6 Å². The number of benzene rings is 2. The molecule has 2 aromatic carbocycles. The third-order valence-corrected chi connectivity index (χ3v) is 3.81. The monoisotopic (exact) mass is 315 g/mol. The molecule has 0 bridgehead atoms. The van der Waals surface area contributed by atoms with E-state index in [-0.39, 0.29) is 6.04 Å². The molecule has 23 heavy (non-hydrogen) atoms. The van der Waals surface area contributed by atoms with Crippen LogP contribution in [0.4, 0.5) is 0 Å². The molecule has 2 unspecified atom stereocenters. The van der Waals surface area contributed by atoms with Gasteiger partial charge in [-0.15, -0.1) is 0 Å². The summed E-state index contributed by atoms with van der Waals surface area (Å²) in [6.45, 7) is 5.21. The molecule has 0 saturated heterocycles. The highest BCUT2D eigenvalue weighted by Crippen LogP contribution is 2.20. The number of nitrogens with one attached hydrogen (secondary N) is 1. The lowest BCUT2D eigenvalue weighted by Crippen LogP contribution is -2.24. The fourth-order valence-corrected chi connectivity index (χ4v) is 2.37. The van der Waals surface area contributed by atoms with Crippen LogP contribution < -0.4 is 14.8 Å². The standard InChI is InChI=1S/C19H25NO3/c1-4-23-18-11-5-15(6-12-18)14(2)20-13-19(21)16-7-9-17(22-3)10-8-16/h5-12,14,19-21H,4,13H2,1-3H3. The smallest absolute Gasteiger partial charge is 0.119 e. The Morgan fingerprint density at radius 2 is 1.52 bits per heavy atom. The number of hydrogen-bond acceptors (Lipinski definition) is 4. The first-order chi connectivity index (χ1) is 11.1. The van der Waals surface area contributed by atoms with E-state index in [2.05, 4.69) is 12.2 Å². The van der Waals surface area contributed by atoms with Crippen LogP contribution in [0.15, 0.2) is 48.5 Å². The molecule has 0 spiro atoms. The summed E-state index contributed by atoms with van der Waals surface area (Å²) >= 11 is 0. The number of rotatable bonds is 8. The molecule has 2 rings (SSSR count). The number of methoxy groups -OCH3 is 1. The van der Waals surface area contributed by atoms with E-state index in [1.807, 2.05) is 55.5 Å². The third kappa shape index (κ3) is 4.98. The Labute approximate surface area is 138 Å². The summed E-state index contributed by atoms with van der Waals surface area (Å²) in [5.74, 6) is 1.67. The van der Waals surface area contributed by atoms with Crippen LogP contribution in [0.3, 0.4) is 0 Å². The first-order valence-corrected chi connectivity index (χ1v) is 7.92. The van der Waals surface area contributed by atoms with Gasteiger partial charge in [-0.05, 0) is 49.2 Å². The summed E-state index contributed by atoms with van der Waals surface area (Å²) in [6, 6.07) is 15.7. The number of ether oxygens (including phenoxy) is 2. The van der Waals surface area contributed by atoms with Crippen molar-refractivity contribution in [3.05, 3.63) is 59.7 Å². The molecule has 4 heteroatoms. The molecule has 0 fully saturated rings. The molecule has 2 atom stereocenters. The lowest BCUT2D eigenvalue weighted by molar-refractivity contribution is 0.170. The molecule has 2 aromatic rings. The van der Waals surface area contributed by atoms with Crippen molar-refractivity contribution >= 4 is 0 Å². The van der Waals surface area contributed by atoms with Crippen LogP contribution in [-0.2, 0) is 0 Å². The number of aliphatic hydroxyl groups is 1. The minimum absolute atomic E-state index is 0.151. The first kappa shape index (κ1) is 17.3. The van der Waals surface area contributed by atoms with Crippen molar-refractivity contribution in [1.82, 2.24) is 5.32 Å². The van der Waals surface area contributed by atoms with Crippen molar-refractivity contribution in [2.75, 3.05) is 20.3 Å². The largest absolute Gasteiger partial charge is 0.497 e. The molecule has 0 aliphatic heterocycles. The van der Waals surface area contributed by atoms with Gasteiger partial charge < -0.3 is 19.9 Å². The van der Waals surface area contributed by atoms with Crippen LogP contribution in [0.25, 0.3) is 0 Å². The molecule has 2 N–H and O–H groups in total. The lowest BCUT2D eigenvalue weighted by atomic mass is 10.1. The summed E-state index contributed by atoms with van der Waals surface area (Å²) < 4.78 is 10.6. The molecule has 124 valence electrons. The molecule has 0 aromatic heterocycles. The molecule has 4 nitrogen and oxygen atoms in total. The summed E-state index contributed by atoms with van der Waals surface area (Å²) in [4.78, 5) is 0. The predicted molar refractivity (Wildman–Crippen MR) is 92.0 cm³/mol. The van der Waals surface area contributed by atoms with Gasteiger partial charge in [0, 0.05) is 12.6 Å². The Balaban J connectivity index is 1.88. The Morgan fingerprint density at radius 1 is 0.957 bits per heavy atom. The molecule has 0 amide bonds. The van der Waals surface area contributed by atoms with E-state index in [1.165, 1.54) is 0 Å². The van der Waals surface area contributed by atoms with E-state index in [4.69, 9.17) is 9.47 Å². The highest BCUT2D eigenvalue weighted by molar-refractivity contribution is 5.30. The second-order valence-corrected chi connectivity index (χ2v) is 5.42. The third-order valence-electron chi connectivity index (χ3n) is 3.81. The van der Waals surface area contributed by atoms with Gasteiger partial charge >= 0.3 is 0 Å². The average molecular weight is 315 g/mol. The Bertz CT molecular complexity index is 581. The van der Waals surface area contributed by atoms with Gasteiger partial charge in [-0.2, -0.15) is 0 Å². The van der Waals surface area contributed by atoms with Crippen LogP contribution >= 0.6 is 0 Å². The van der Waals surface area contributed by atoms with Gasteiger partial charge in [-0.1, -0.05) is 24.3 Å². The van der Waals surface area contributed by atoms with Gasteiger partial charge in [0.15, 0.2) is 0 Å². The van der Waals surface area contributed by atoms with Gasteiger partial charge in [-0.25, -0.2) is 0 Å². The Morgan fingerprint density at radius 3 is 2.09 bits per heavy atom. The van der Waals surface area contributed by atoms with Crippen molar-refractivity contribution in [2.45, 2.75) is 26.0 Å². The van der Waals surface area contributed by atoms with Crippen molar-refractivity contribution in [2.24, 2.45) is 0 Å². The van der Waals surface area contributed by atoms with E-state index in [0.717, 1.165) is 22.6 Å². The summed E-state index contributed by atoms with van der Waals surface area (Å²) in [5, 5.41) is 13.6. The van der Waals surface area contributed by atoms with Crippen LogP contribution in [0, 0.1) is 0 Å². The van der Waals surface area contributed by atoms with Crippen LogP contribution in [0.1, 0.15) is 37.1 Å². The highest BCUT2D eigenvalue weighted by atomic mass is 16.5. The zero-order chi connectivity index (χ0) is 16.7. The van der Waals surface area contributed by atoms with Crippen molar-refractivity contribution in [1.29, 1.82) is 0 Å². The predicted octanol–water partition coefficient (Wildman–Crippen LogP) is 3.48. The van der Waals surface area contributed by atoms with Gasteiger partial charge in [0.2, 0.25) is 0 Å². The van der Waals surface area contributed by atoms with E-state index >= 15 is 0 Å². The van der Waals surface area contributed by atoms with E-state index < -0.39 is 6.10 Å². The molecule has 0 aliphatic carbocycles. The van der Waals surface area contributed by atoms with Gasteiger partial charge in [0.1, 0.15) is 11.5 Å². The molecule has 0 saturated carbocycles. The highest BCUT2D eigenvalue weighted by Gasteiger charge is 2.11. The maximum Gasteiger partial charge on any atom is 0.119 e. The van der Waals surface area contributed by atoms with E-state index in [9.17, 15) is 5.11 Å². The summed E-state index contributed by atoms with van der Waals surface area (Å²) in [7, 11) is 1.63. The Hall–Kier alpha value is -2.04. The lowest BCUT2D eigenvalue weighted by Gasteiger charge is -2.18. The molecule has 0 heterocycles. The van der Waals surface area contributed by atoms with Crippen LogP contribution in [0.5, 0.6) is 11.5 Å². The second kappa shape index (κ2) is 8.56. The maximum absolute atomic E-state index is 10.3. The SMILES string of the molecule is CCOc1ccc(C(C)NCC(O)c2ccc(OC)cc2)cc1. The molecule has 0 aliphatic rings. The fourth-order valence-electron chi connectivity index (χ4n) is 2.37. The average Bonchev–Trinajstić information content (AvgIpc) is 2.60. The molecule has 0 radical (unpaired) electrons. The topological polar surface area (TPSA) is 50.7 Å². The fraction of sp³-hybridized carbons (Fsp3) is 0.368. The number of hydrogen-bond donors (Lipinski definition) is 2. The van der Waals surface area contributed by atoms with Gasteiger partial charge in [-0.3, -0.25) is 0 Å². The molecular formula is C19H25NO3. The van der Waals surface area contributed by atoms with E-state index in [0.29, 0.717) is 13.2 Å². The van der Waals surface area contributed by atoms with Crippen molar-refractivity contribution in [3.8, 4) is 11.5 Å². The molecular weight excluding hydrogens is 290 g/mol. The maximum atomic E-state index is 10.3. The van der Waals surface area contributed by atoms with Crippen LogP contribution in [0.2, 0.25) is 0 Å². The summed E-state index contributed by atoms with van der Waals surface area (Å²) in [6.07, 6.45) is -0.550. The Kier molecular flexibility index (Phi) is 6.44. The summed E-state index contributed by atoms with van der Waals surface area (Å²) in [5.41, 5.74) is 2.03. The zero-order valence-electron chi connectivity index (χ0n) is 14.0. The quantitative estimate of drug-likeness (QED) is 0.783. The minimum atomic E-state index is -0.550. The normalized spacial score (nSPS) is 13.4. The minimum Gasteiger partial charge on any atom is -0.497 e. The zero-order valence-corrected chi connectivity index (χ0v) is 14.0. The van der Waals surface area contributed by atoms with Gasteiger partial charge in [0.05, 0.1) is 19.8 Å². The second-order valence-electron chi connectivity index (χ2n) is 5.42. The number of aliphatic hydroxyl groups excluding tert-OH is 1. The van der Waals surface area contributed by atoms with Crippen LogP contribution in [-0.4, -0.2) is 25.4 Å².